The maximum Gasteiger partial charge on any atom is 0.321 e. The lowest BCUT2D eigenvalue weighted by atomic mass is 9.85. The van der Waals surface area contributed by atoms with Crippen LogP contribution in [0.3, 0.4) is 0 Å². The van der Waals surface area contributed by atoms with Crippen molar-refractivity contribution in [2.24, 2.45) is 11.8 Å². The van der Waals surface area contributed by atoms with E-state index >= 15 is 0 Å². The largest absolute Gasteiger partial charge is 0.456 e. The Morgan fingerprint density at radius 3 is 2.33 bits per heavy atom. The number of esters is 1. The molecule has 1 fully saturated rings. The van der Waals surface area contributed by atoms with E-state index in [-0.39, 0.29) is 42.7 Å². The zero-order valence-corrected chi connectivity index (χ0v) is 15.5. The smallest absolute Gasteiger partial charge is 0.321 e. The molecule has 0 bridgehead atoms. The number of hydrogen-bond donors (Lipinski definition) is 2. The van der Waals surface area contributed by atoms with Gasteiger partial charge in [-0.3, -0.25) is 29.4 Å². The number of nitrogens with zero attached hydrogens (tertiary/aromatic N) is 1. The summed E-state index contributed by atoms with van der Waals surface area (Å²) in [4.78, 5) is 60.5. The van der Waals surface area contributed by atoms with E-state index in [2.05, 4.69) is 10.6 Å². The van der Waals surface area contributed by atoms with Gasteiger partial charge in [0.25, 0.3) is 5.91 Å². The number of hydrogen-bond acceptors (Lipinski definition) is 6. The van der Waals surface area contributed by atoms with Gasteiger partial charge in [-0.15, -0.1) is 0 Å². The molecule has 9 heteroatoms. The van der Waals surface area contributed by atoms with E-state index in [0.29, 0.717) is 19.3 Å². The van der Waals surface area contributed by atoms with Crippen molar-refractivity contribution in [3.05, 3.63) is 12.2 Å². The molecule has 5 amide bonds. The Balaban J connectivity index is 1.70. The molecule has 2 N–H and O–H groups in total. The third-order valence-electron chi connectivity index (χ3n) is 4.75. The second-order valence-electron chi connectivity index (χ2n) is 6.73. The lowest BCUT2D eigenvalue weighted by molar-refractivity contribution is -0.149. The third kappa shape index (κ3) is 5.38. The quantitative estimate of drug-likeness (QED) is 0.377. The van der Waals surface area contributed by atoms with Crippen LogP contribution in [0.25, 0.3) is 0 Å². The lowest BCUT2D eigenvalue weighted by Crippen LogP contribution is -2.44. The number of amides is 5. The van der Waals surface area contributed by atoms with Gasteiger partial charge in [-0.2, -0.15) is 0 Å². The SMILES string of the molecule is CC[C@H](C)NC(=O)NC(=O)COC(=O)CCN1C(=O)[C@H]2CC=CC[C@H]2C1=O. The molecule has 1 saturated heterocycles. The third-order valence-corrected chi connectivity index (χ3v) is 4.75. The van der Waals surface area contributed by atoms with Gasteiger partial charge >= 0.3 is 12.0 Å². The fourth-order valence-electron chi connectivity index (χ4n) is 3.04. The average Bonchev–Trinajstić information content (AvgIpc) is 2.89. The molecule has 1 heterocycles. The van der Waals surface area contributed by atoms with Crippen molar-refractivity contribution in [3.63, 3.8) is 0 Å². The Hall–Kier alpha value is -2.71. The van der Waals surface area contributed by atoms with Crippen molar-refractivity contribution < 1.29 is 28.7 Å². The van der Waals surface area contributed by atoms with Crippen molar-refractivity contribution >= 4 is 29.7 Å². The second-order valence-corrected chi connectivity index (χ2v) is 6.73. The van der Waals surface area contributed by atoms with Gasteiger partial charge in [-0.25, -0.2) is 4.79 Å². The van der Waals surface area contributed by atoms with Gasteiger partial charge in [0.15, 0.2) is 6.61 Å². The Morgan fingerprint density at radius 1 is 1.19 bits per heavy atom. The molecule has 0 aromatic heterocycles. The van der Waals surface area contributed by atoms with Crippen LogP contribution < -0.4 is 10.6 Å². The number of rotatable bonds is 7. The molecule has 3 atom stereocenters. The number of imide groups is 2. The van der Waals surface area contributed by atoms with Crippen molar-refractivity contribution in [1.29, 1.82) is 0 Å². The average molecular weight is 379 g/mol. The summed E-state index contributed by atoms with van der Waals surface area (Å²) in [5.74, 6) is -2.68. The summed E-state index contributed by atoms with van der Waals surface area (Å²) >= 11 is 0. The zero-order valence-electron chi connectivity index (χ0n) is 15.5. The molecule has 0 aromatic carbocycles. The summed E-state index contributed by atoms with van der Waals surface area (Å²) in [5, 5.41) is 4.60. The molecular weight excluding hydrogens is 354 g/mol. The molecule has 1 aliphatic heterocycles. The minimum atomic E-state index is -0.755. The van der Waals surface area contributed by atoms with Gasteiger partial charge in [0.1, 0.15) is 0 Å². The fraction of sp³-hybridized carbons (Fsp3) is 0.611. The second kappa shape index (κ2) is 9.29. The molecule has 0 spiro atoms. The van der Waals surface area contributed by atoms with E-state index in [1.54, 1.807) is 6.92 Å². The van der Waals surface area contributed by atoms with E-state index in [1.165, 1.54) is 0 Å². The summed E-state index contributed by atoms with van der Waals surface area (Å²) in [7, 11) is 0. The minimum Gasteiger partial charge on any atom is -0.456 e. The highest BCUT2D eigenvalue weighted by Crippen LogP contribution is 2.34. The molecule has 27 heavy (non-hydrogen) atoms. The number of likely N-dealkylation sites (tertiary alicyclic amines) is 1. The molecule has 0 unspecified atom stereocenters. The standard InChI is InChI=1S/C18H25N3O6/c1-3-11(2)19-18(26)20-14(22)10-27-15(23)8-9-21-16(24)12-6-4-5-7-13(12)17(21)25/h4-5,11-13H,3,6-10H2,1-2H3,(H2,19,20,22,26)/t11-,12-,13+/m0/s1. The highest BCUT2D eigenvalue weighted by Gasteiger charge is 2.46. The van der Waals surface area contributed by atoms with Gasteiger partial charge in [0.05, 0.1) is 18.3 Å². The first-order valence-corrected chi connectivity index (χ1v) is 9.09. The van der Waals surface area contributed by atoms with E-state index in [9.17, 15) is 24.0 Å². The Kier molecular flexibility index (Phi) is 7.09. The van der Waals surface area contributed by atoms with Gasteiger partial charge in [0.2, 0.25) is 11.8 Å². The predicted molar refractivity (Wildman–Crippen MR) is 94.1 cm³/mol. The fourth-order valence-corrected chi connectivity index (χ4v) is 3.04. The number of allylic oxidation sites excluding steroid dienone is 2. The first-order chi connectivity index (χ1) is 12.8. The van der Waals surface area contributed by atoms with E-state index in [4.69, 9.17) is 4.74 Å². The summed E-state index contributed by atoms with van der Waals surface area (Å²) in [6.07, 6.45) is 5.36. The predicted octanol–water partition coefficient (Wildman–Crippen LogP) is 0.495. The maximum absolute atomic E-state index is 12.3. The van der Waals surface area contributed by atoms with Gasteiger partial charge < -0.3 is 10.1 Å². The van der Waals surface area contributed by atoms with Crippen LogP contribution >= 0.6 is 0 Å². The summed E-state index contributed by atoms with van der Waals surface area (Å²) < 4.78 is 4.79. The number of ether oxygens (including phenoxy) is 1. The van der Waals surface area contributed by atoms with Crippen LogP contribution in [0.2, 0.25) is 0 Å². The number of nitrogens with one attached hydrogen (secondary N) is 2. The van der Waals surface area contributed by atoms with Crippen LogP contribution in [-0.4, -0.2) is 53.8 Å². The molecule has 2 rings (SSSR count). The Morgan fingerprint density at radius 2 is 1.78 bits per heavy atom. The highest BCUT2D eigenvalue weighted by atomic mass is 16.5. The van der Waals surface area contributed by atoms with Gasteiger partial charge in [-0.1, -0.05) is 19.1 Å². The highest BCUT2D eigenvalue weighted by molar-refractivity contribution is 6.05. The number of carbonyl (C=O) groups is 5. The topological polar surface area (TPSA) is 122 Å². The van der Waals surface area contributed by atoms with Crippen molar-refractivity contribution in [2.75, 3.05) is 13.2 Å². The summed E-state index contributed by atoms with van der Waals surface area (Å²) in [5.41, 5.74) is 0. The van der Waals surface area contributed by atoms with Gasteiger partial charge in [-0.05, 0) is 26.2 Å². The Labute approximate surface area is 157 Å². The van der Waals surface area contributed by atoms with Crippen LogP contribution in [0.1, 0.15) is 39.5 Å². The summed E-state index contributed by atoms with van der Waals surface area (Å²) in [6, 6.07) is -0.746. The zero-order chi connectivity index (χ0) is 20.0. The molecule has 0 aromatic rings. The van der Waals surface area contributed by atoms with E-state index in [1.807, 2.05) is 19.1 Å². The normalized spacial score (nSPS) is 22.2. The summed E-state index contributed by atoms with van der Waals surface area (Å²) in [6.45, 7) is 3.00. The van der Waals surface area contributed by atoms with Crippen molar-refractivity contribution in [2.45, 2.75) is 45.6 Å². The molecule has 1 aliphatic carbocycles. The molecule has 0 radical (unpaired) electrons. The number of carbonyl (C=O) groups excluding carboxylic acids is 5. The molecule has 148 valence electrons. The molecule has 2 aliphatic rings. The number of fused-ring (bicyclic) bond motifs is 1. The van der Waals surface area contributed by atoms with Crippen molar-refractivity contribution in [1.82, 2.24) is 15.5 Å². The first-order valence-electron chi connectivity index (χ1n) is 9.09. The van der Waals surface area contributed by atoms with Crippen molar-refractivity contribution in [3.8, 4) is 0 Å². The maximum atomic E-state index is 12.3. The van der Waals surface area contributed by atoms with Crippen LogP contribution in [0, 0.1) is 11.8 Å². The van der Waals surface area contributed by atoms with Crippen LogP contribution in [0.4, 0.5) is 4.79 Å². The molecular formula is C18H25N3O6. The first kappa shape index (κ1) is 20.6. The van der Waals surface area contributed by atoms with Crippen LogP contribution in [0.15, 0.2) is 12.2 Å². The lowest BCUT2D eigenvalue weighted by Gasteiger charge is -2.14. The molecule has 9 nitrogen and oxygen atoms in total. The van der Waals surface area contributed by atoms with Crippen LogP contribution in [-0.2, 0) is 23.9 Å². The van der Waals surface area contributed by atoms with Crippen LogP contribution in [0.5, 0.6) is 0 Å². The monoisotopic (exact) mass is 379 g/mol. The van der Waals surface area contributed by atoms with E-state index < -0.39 is 24.5 Å². The number of urea groups is 1. The van der Waals surface area contributed by atoms with E-state index in [0.717, 1.165) is 4.90 Å². The Bertz CT molecular complexity index is 633. The van der Waals surface area contributed by atoms with Gasteiger partial charge in [0, 0.05) is 12.6 Å². The molecule has 0 saturated carbocycles. The minimum absolute atomic E-state index is 0.0698.